The molecule has 4 fully saturated rings. The molecule has 2 nitrogen and oxygen atoms in total. The number of hydrogen-bond donors (Lipinski definition) is 1. The molecule has 3 atom stereocenters. The van der Waals surface area contributed by atoms with Gasteiger partial charge in [-0.3, -0.25) is 4.90 Å². The lowest BCUT2D eigenvalue weighted by molar-refractivity contribution is 0.0785. The number of fused-ring (bicyclic) bond motifs is 2. The summed E-state index contributed by atoms with van der Waals surface area (Å²) in [5, 5.41) is 3.88. The maximum atomic E-state index is 3.88. The number of nitrogens with zero attached hydrogens (tertiary/aromatic N) is 1. The van der Waals surface area contributed by atoms with Crippen LogP contribution in [-0.2, 0) is 0 Å². The molecule has 1 spiro atoms. The van der Waals surface area contributed by atoms with Crippen LogP contribution < -0.4 is 5.32 Å². The molecule has 1 heterocycles. The Labute approximate surface area is 118 Å². The van der Waals surface area contributed by atoms with E-state index in [0.717, 1.165) is 17.8 Å². The topological polar surface area (TPSA) is 15.3 Å². The first-order valence-electron chi connectivity index (χ1n) is 8.80. The third kappa shape index (κ3) is 2.47. The summed E-state index contributed by atoms with van der Waals surface area (Å²) in [7, 11) is 0. The van der Waals surface area contributed by atoms with Crippen LogP contribution in [0.3, 0.4) is 0 Å². The van der Waals surface area contributed by atoms with E-state index in [2.05, 4.69) is 10.2 Å². The van der Waals surface area contributed by atoms with Crippen molar-refractivity contribution in [1.82, 2.24) is 10.2 Å². The lowest BCUT2D eigenvalue weighted by Gasteiger charge is -2.47. The lowest BCUT2D eigenvalue weighted by Crippen LogP contribution is -2.61. The third-order valence-corrected chi connectivity index (χ3v) is 6.64. The molecule has 1 aliphatic heterocycles. The van der Waals surface area contributed by atoms with Crippen molar-refractivity contribution in [3.63, 3.8) is 0 Å². The first-order valence-corrected chi connectivity index (χ1v) is 8.80. The fourth-order valence-electron chi connectivity index (χ4n) is 5.69. The van der Waals surface area contributed by atoms with Crippen molar-refractivity contribution in [2.24, 2.45) is 17.8 Å². The quantitative estimate of drug-likeness (QED) is 0.823. The summed E-state index contributed by atoms with van der Waals surface area (Å²) in [6, 6.07) is 0. The summed E-state index contributed by atoms with van der Waals surface area (Å²) >= 11 is 0. The summed E-state index contributed by atoms with van der Waals surface area (Å²) in [6.45, 7) is 5.31. The van der Waals surface area contributed by atoms with Crippen molar-refractivity contribution in [3.8, 4) is 0 Å². The Kier molecular flexibility index (Phi) is 3.35. The number of nitrogens with one attached hydrogen (secondary N) is 1. The third-order valence-electron chi connectivity index (χ3n) is 6.64. The fraction of sp³-hybridized carbons (Fsp3) is 1.00. The molecule has 19 heavy (non-hydrogen) atoms. The van der Waals surface area contributed by atoms with E-state index in [-0.39, 0.29) is 0 Å². The van der Waals surface area contributed by atoms with Crippen LogP contribution in [0.4, 0.5) is 0 Å². The molecule has 3 saturated carbocycles. The van der Waals surface area contributed by atoms with Crippen LogP contribution in [0.5, 0.6) is 0 Å². The van der Waals surface area contributed by atoms with Crippen molar-refractivity contribution in [2.75, 3.05) is 26.2 Å². The molecule has 108 valence electrons. The average molecular weight is 262 g/mol. The molecule has 0 amide bonds. The smallest absolute Gasteiger partial charge is 0.0309 e. The van der Waals surface area contributed by atoms with E-state index < -0.39 is 0 Å². The highest BCUT2D eigenvalue weighted by Gasteiger charge is 2.42. The highest BCUT2D eigenvalue weighted by Crippen LogP contribution is 2.48. The normalized spacial score (nSPS) is 42.0. The number of piperazine rings is 1. The molecule has 4 aliphatic rings. The van der Waals surface area contributed by atoms with Gasteiger partial charge in [-0.15, -0.1) is 0 Å². The van der Waals surface area contributed by atoms with E-state index in [4.69, 9.17) is 0 Å². The van der Waals surface area contributed by atoms with Crippen LogP contribution >= 0.6 is 0 Å². The predicted molar refractivity (Wildman–Crippen MR) is 79.2 cm³/mol. The van der Waals surface area contributed by atoms with Crippen molar-refractivity contribution >= 4 is 0 Å². The Morgan fingerprint density at radius 2 is 1.95 bits per heavy atom. The van der Waals surface area contributed by atoms with E-state index in [1.807, 2.05) is 0 Å². The highest BCUT2D eigenvalue weighted by molar-refractivity contribution is 4.98. The second-order valence-electron chi connectivity index (χ2n) is 7.94. The van der Waals surface area contributed by atoms with E-state index in [1.54, 1.807) is 25.7 Å². The van der Waals surface area contributed by atoms with Crippen molar-refractivity contribution in [3.05, 3.63) is 0 Å². The van der Waals surface area contributed by atoms with Crippen LogP contribution in [-0.4, -0.2) is 36.6 Å². The van der Waals surface area contributed by atoms with Crippen LogP contribution in [0.2, 0.25) is 0 Å². The maximum Gasteiger partial charge on any atom is 0.0309 e. The number of hydrogen-bond acceptors (Lipinski definition) is 2. The van der Waals surface area contributed by atoms with Crippen molar-refractivity contribution in [2.45, 2.75) is 63.3 Å². The molecule has 0 aromatic heterocycles. The SMILES string of the molecule is C1CCC2(CC1)CN(CC1CC3CCC1C3)CCN2. The van der Waals surface area contributed by atoms with Crippen LogP contribution in [0.25, 0.3) is 0 Å². The molecule has 3 unspecified atom stereocenters. The predicted octanol–water partition coefficient (Wildman–Crippen LogP) is 3.03. The zero-order valence-corrected chi connectivity index (χ0v) is 12.4. The Hall–Kier alpha value is -0.0800. The molecule has 2 bridgehead atoms. The van der Waals surface area contributed by atoms with Crippen molar-refractivity contribution < 1.29 is 0 Å². The molecule has 0 aromatic carbocycles. The first-order chi connectivity index (χ1) is 9.33. The Morgan fingerprint density at radius 3 is 2.68 bits per heavy atom. The Balaban J connectivity index is 1.36. The van der Waals surface area contributed by atoms with Crippen LogP contribution in [0.1, 0.15) is 57.8 Å². The summed E-state index contributed by atoms with van der Waals surface area (Å²) < 4.78 is 0. The molecule has 0 aromatic rings. The molecular weight excluding hydrogens is 232 g/mol. The minimum Gasteiger partial charge on any atom is -0.309 e. The zero-order chi connectivity index (χ0) is 12.7. The van der Waals surface area contributed by atoms with Gasteiger partial charge in [0.1, 0.15) is 0 Å². The maximum absolute atomic E-state index is 3.88. The van der Waals surface area contributed by atoms with Crippen LogP contribution in [0, 0.1) is 17.8 Å². The second-order valence-corrected chi connectivity index (χ2v) is 7.94. The van der Waals surface area contributed by atoms with Gasteiger partial charge in [-0.2, -0.15) is 0 Å². The summed E-state index contributed by atoms with van der Waals surface area (Å²) in [4.78, 5) is 2.83. The molecular formula is C17H30N2. The van der Waals surface area contributed by atoms with Gasteiger partial charge in [0.15, 0.2) is 0 Å². The average Bonchev–Trinajstić information content (AvgIpc) is 3.02. The largest absolute Gasteiger partial charge is 0.309 e. The molecule has 3 aliphatic carbocycles. The minimum absolute atomic E-state index is 0.508. The molecule has 1 saturated heterocycles. The number of rotatable bonds is 2. The Bertz CT molecular complexity index is 316. The monoisotopic (exact) mass is 262 g/mol. The summed E-state index contributed by atoms with van der Waals surface area (Å²) in [5.74, 6) is 3.27. The van der Waals surface area contributed by atoms with Crippen molar-refractivity contribution in [1.29, 1.82) is 0 Å². The van der Waals surface area contributed by atoms with E-state index in [9.17, 15) is 0 Å². The standard InChI is InChI=1S/C17H30N2/c1-2-6-17(7-3-1)13-19(9-8-18-17)12-16-11-14-4-5-15(16)10-14/h14-16,18H,1-13H2. The van der Waals surface area contributed by atoms with Gasteiger partial charge in [0, 0.05) is 31.7 Å². The highest BCUT2D eigenvalue weighted by atomic mass is 15.2. The van der Waals surface area contributed by atoms with Gasteiger partial charge in [0.05, 0.1) is 0 Å². The van der Waals surface area contributed by atoms with Gasteiger partial charge in [-0.25, -0.2) is 0 Å². The van der Waals surface area contributed by atoms with Gasteiger partial charge >= 0.3 is 0 Å². The molecule has 2 heteroatoms. The molecule has 1 N–H and O–H groups in total. The summed E-state index contributed by atoms with van der Waals surface area (Å²) in [6.07, 6.45) is 13.5. The van der Waals surface area contributed by atoms with E-state index in [1.165, 1.54) is 58.3 Å². The van der Waals surface area contributed by atoms with Gasteiger partial charge in [0.2, 0.25) is 0 Å². The van der Waals surface area contributed by atoms with E-state index in [0.29, 0.717) is 5.54 Å². The molecule has 4 rings (SSSR count). The van der Waals surface area contributed by atoms with Gasteiger partial charge < -0.3 is 5.32 Å². The van der Waals surface area contributed by atoms with E-state index >= 15 is 0 Å². The second kappa shape index (κ2) is 5.04. The van der Waals surface area contributed by atoms with Gasteiger partial charge in [0.25, 0.3) is 0 Å². The first kappa shape index (κ1) is 12.6. The van der Waals surface area contributed by atoms with Gasteiger partial charge in [-0.05, 0) is 49.9 Å². The molecule has 0 radical (unpaired) electrons. The lowest BCUT2D eigenvalue weighted by atomic mass is 9.79. The van der Waals surface area contributed by atoms with Gasteiger partial charge in [-0.1, -0.05) is 25.7 Å². The Morgan fingerprint density at radius 1 is 1.05 bits per heavy atom. The fourth-order valence-corrected chi connectivity index (χ4v) is 5.69. The summed E-state index contributed by atoms with van der Waals surface area (Å²) in [5.41, 5.74) is 0.508. The van der Waals surface area contributed by atoms with Crippen LogP contribution in [0.15, 0.2) is 0 Å². The minimum atomic E-state index is 0.508. The zero-order valence-electron chi connectivity index (χ0n) is 12.4.